The van der Waals surface area contributed by atoms with Crippen LogP contribution in [-0.2, 0) is 4.79 Å². The third-order valence-corrected chi connectivity index (χ3v) is 4.92. The fourth-order valence-electron chi connectivity index (χ4n) is 3.66. The Balaban J connectivity index is 1.62. The summed E-state index contributed by atoms with van der Waals surface area (Å²) in [6, 6.07) is 7.10. The standard InChI is InChI=1S/C18H26N4O3/c1-2-25-16-8-4-3-6-14(16)20-10-12-21(13-11-20)17(23)15-7-5-9-22(15)18(19)24/h3-4,6,8,15H,2,5,7,9-13H2,1H3,(H2,19,24)/t15-/m0/s1. The number of hydrogen-bond acceptors (Lipinski definition) is 4. The number of ether oxygens (including phenoxy) is 1. The maximum Gasteiger partial charge on any atom is 0.315 e. The average Bonchev–Trinajstić information content (AvgIpc) is 3.12. The van der Waals surface area contributed by atoms with Crippen LogP contribution in [0.1, 0.15) is 19.8 Å². The van der Waals surface area contributed by atoms with Gasteiger partial charge >= 0.3 is 6.03 Å². The molecule has 0 saturated carbocycles. The summed E-state index contributed by atoms with van der Waals surface area (Å²) in [6.07, 6.45) is 1.54. The molecular weight excluding hydrogens is 320 g/mol. The SMILES string of the molecule is CCOc1ccccc1N1CCN(C(=O)[C@@H]2CCCN2C(N)=O)CC1. The van der Waals surface area contributed by atoms with E-state index >= 15 is 0 Å². The van der Waals surface area contributed by atoms with Crippen molar-refractivity contribution < 1.29 is 14.3 Å². The first-order valence-corrected chi connectivity index (χ1v) is 8.93. The van der Waals surface area contributed by atoms with E-state index in [-0.39, 0.29) is 11.9 Å². The first kappa shape index (κ1) is 17.4. The number of rotatable bonds is 4. The average molecular weight is 346 g/mol. The van der Waals surface area contributed by atoms with E-state index < -0.39 is 6.03 Å². The highest BCUT2D eigenvalue weighted by atomic mass is 16.5. The lowest BCUT2D eigenvalue weighted by atomic mass is 10.1. The highest BCUT2D eigenvalue weighted by Gasteiger charge is 2.36. The zero-order chi connectivity index (χ0) is 17.8. The summed E-state index contributed by atoms with van der Waals surface area (Å²) < 4.78 is 5.71. The molecule has 25 heavy (non-hydrogen) atoms. The van der Waals surface area contributed by atoms with Gasteiger partial charge in [0.15, 0.2) is 0 Å². The zero-order valence-electron chi connectivity index (χ0n) is 14.7. The lowest BCUT2D eigenvalue weighted by molar-refractivity contribution is -0.135. The number of amides is 3. The van der Waals surface area contributed by atoms with Crippen LogP contribution < -0.4 is 15.4 Å². The molecule has 1 aromatic rings. The van der Waals surface area contributed by atoms with Gasteiger partial charge in [-0.25, -0.2) is 4.79 Å². The molecule has 7 nitrogen and oxygen atoms in total. The van der Waals surface area contributed by atoms with Gasteiger partial charge in [0.2, 0.25) is 5.91 Å². The summed E-state index contributed by atoms with van der Waals surface area (Å²) in [6.45, 7) is 5.95. The van der Waals surface area contributed by atoms with E-state index in [1.165, 1.54) is 4.90 Å². The second-order valence-electron chi connectivity index (χ2n) is 6.40. The Morgan fingerprint density at radius 1 is 1.16 bits per heavy atom. The van der Waals surface area contributed by atoms with E-state index in [1.54, 1.807) is 0 Å². The van der Waals surface area contributed by atoms with Crippen molar-refractivity contribution in [3.63, 3.8) is 0 Å². The van der Waals surface area contributed by atoms with E-state index in [9.17, 15) is 9.59 Å². The van der Waals surface area contributed by atoms with Crippen LogP contribution in [0, 0.1) is 0 Å². The molecule has 2 N–H and O–H groups in total. The van der Waals surface area contributed by atoms with E-state index in [0.717, 1.165) is 30.9 Å². The minimum atomic E-state index is -0.500. The van der Waals surface area contributed by atoms with Crippen molar-refractivity contribution in [3.8, 4) is 5.75 Å². The van der Waals surface area contributed by atoms with Gasteiger partial charge in [0, 0.05) is 32.7 Å². The molecule has 0 spiro atoms. The Morgan fingerprint density at radius 2 is 1.88 bits per heavy atom. The Labute approximate surface area is 148 Å². The molecule has 0 aliphatic carbocycles. The summed E-state index contributed by atoms with van der Waals surface area (Å²) in [5, 5.41) is 0. The van der Waals surface area contributed by atoms with E-state index in [0.29, 0.717) is 32.7 Å². The number of anilines is 1. The molecule has 136 valence electrons. The van der Waals surface area contributed by atoms with Gasteiger partial charge in [0.1, 0.15) is 11.8 Å². The summed E-state index contributed by atoms with van der Waals surface area (Å²) >= 11 is 0. The van der Waals surface area contributed by atoms with Crippen LogP contribution in [0.25, 0.3) is 0 Å². The van der Waals surface area contributed by atoms with Gasteiger partial charge in [-0.2, -0.15) is 0 Å². The fourth-order valence-corrected chi connectivity index (χ4v) is 3.66. The van der Waals surface area contributed by atoms with Crippen molar-refractivity contribution in [1.29, 1.82) is 0 Å². The van der Waals surface area contributed by atoms with Gasteiger partial charge < -0.3 is 25.2 Å². The first-order valence-electron chi connectivity index (χ1n) is 8.93. The largest absolute Gasteiger partial charge is 0.492 e. The first-order chi connectivity index (χ1) is 12.1. The maximum atomic E-state index is 12.8. The monoisotopic (exact) mass is 346 g/mol. The van der Waals surface area contributed by atoms with Gasteiger partial charge in [0.25, 0.3) is 0 Å². The van der Waals surface area contributed by atoms with Crippen LogP contribution in [-0.4, -0.2) is 67.1 Å². The lowest BCUT2D eigenvalue weighted by Crippen LogP contribution is -2.55. The maximum absolute atomic E-state index is 12.8. The normalized spacial score (nSPS) is 20.7. The van der Waals surface area contributed by atoms with Crippen molar-refractivity contribution in [3.05, 3.63) is 24.3 Å². The van der Waals surface area contributed by atoms with E-state index in [2.05, 4.69) is 4.90 Å². The highest BCUT2D eigenvalue weighted by Crippen LogP contribution is 2.29. The van der Waals surface area contributed by atoms with Crippen molar-refractivity contribution in [2.24, 2.45) is 5.73 Å². The Kier molecular flexibility index (Phi) is 5.31. The van der Waals surface area contributed by atoms with Gasteiger partial charge in [-0.1, -0.05) is 12.1 Å². The van der Waals surface area contributed by atoms with Crippen molar-refractivity contribution in [2.75, 3.05) is 44.2 Å². The molecule has 1 aromatic carbocycles. The number of piperazine rings is 1. The van der Waals surface area contributed by atoms with Crippen LogP contribution in [0.4, 0.5) is 10.5 Å². The third-order valence-electron chi connectivity index (χ3n) is 4.92. The summed E-state index contributed by atoms with van der Waals surface area (Å²) in [5.74, 6) is 0.898. The molecule has 0 aromatic heterocycles. The molecule has 0 bridgehead atoms. The van der Waals surface area contributed by atoms with Crippen LogP contribution in [0.5, 0.6) is 5.75 Å². The molecule has 0 unspecified atom stereocenters. The predicted molar refractivity (Wildman–Crippen MR) is 95.7 cm³/mol. The van der Waals surface area contributed by atoms with Crippen LogP contribution in [0.15, 0.2) is 24.3 Å². The number of likely N-dealkylation sites (tertiary alicyclic amines) is 1. The number of urea groups is 1. The quantitative estimate of drug-likeness (QED) is 0.891. The number of nitrogens with two attached hydrogens (primary N) is 1. The van der Waals surface area contributed by atoms with Crippen molar-refractivity contribution in [1.82, 2.24) is 9.80 Å². The molecule has 2 fully saturated rings. The van der Waals surface area contributed by atoms with E-state index in [4.69, 9.17) is 10.5 Å². The molecule has 1 atom stereocenters. The summed E-state index contributed by atoms with van der Waals surface area (Å²) in [4.78, 5) is 29.8. The van der Waals surface area contributed by atoms with Gasteiger partial charge in [-0.05, 0) is 31.9 Å². The van der Waals surface area contributed by atoms with Gasteiger partial charge in [0.05, 0.1) is 12.3 Å². The van der Waals surface area contributed by atoms with Crippen molar-refractivity contribution in [2.45, 2.75) is 25.8 Å². The molecular formula is C18H26N4O3. The summed E-state index contributed by atoms with van der Waals surface area (Å²) in [5.41, 5.74) is 6.46. The Bertz CT molecular complexity index is 629. The molecule has 2 aliphatic heterocycles. The number of para-hydroxylation sites is 2. The third kappa shape index (κ3) is 3.65. The number of nitrogens with zero attached hydrogens (tertiary/aromatic N) is 3. The fraction of sp³-hybridized carbons (Fsp3) is 0.556. The number of benzene rings is 1. The smallest absolute Gasteiger partial charge is 0.315 e. The van der Waals surface area contributed by atoms with Gasteiger partial charge in [-0.3, -0.25) is 4.79 Å². The molecule has 7 heteroatoms. The minimum absolute atomic E-state index is 0.0223. The predicted octanol–water partition coefficient (Wildman–Crippen LogP) is 1.28. The molecule has 2 aliphatic rings. The zero-order valence-corrected chi connectivity index (χ0v) is 14.7. The Hall–Kier alpha value is -2.44. The topological polar surface area (TPSA) is 79.1 Å². The van der Waals surface area contributed by atoms with E-state index in [1.807, 2.05) is 36.1 Å². The number of hydrogen-bond donors (Lipinski definition) is 1. The Morgan fingerprint density at radius 3 is 2.56 bits per heavy atom. The summed E-state index contributed by atoms with van der Waals surface area (Å²) in [7, 11) is 0. The lowest BCUT2D eigenvalue weighted by Gasteiger charge is -2.38. The molecule has 0 radical (unpaired) electrons. The van der Waals surface area contributed by atoms with Crippen LogP contribution in [0.3, 0.4) is 0 Å². The van der Waals surface area contributed by atoms with Crippen LogP contribution >= 0.6 is 0 Å². The molecule has 2 saturated heterocycles. The second kappa shape index (κ2) is 7.63. The molecule has 3 amide bonds. The second-order valence-corrected chi connectivity index (χ2v) is 6.40. The number of carbonyl (C=O) groups excluding carboxylic acids is 2. The van der Waals surface area contributed by atoms with Crippen molar-refractivity contribution >= 4 is 17.6 Å². The van der Waals surface area contributed by atoms with Gasteiger partial charge in [-0.15, -0.1) is 0 Å². The van der Waals surface area contributed by atoms with Crippen LogP contribution in [0.2, 0.25) is 0 Å². The number of primary amides is 1. The number of carbonyl (C=O) groups is 2. The molecule has 3 rings (SSSR count). The molecule has 2 heterocycles. The highest BCUT2D eigenvalue weighted by molar-refractivity contribution is 5.87. The minimum Gasteiger partial charge on any atom is -0.492 e.